The van der Waals surface area contributed by atoms with Crippen LogP contribution in [0.4, 0.5) is 5.69 Å². The van der Waals surface area contributed by atoms with Gasteiger partial charge < -0.3 is 15.7 Å². The van der Waals surface area contributed by atoms with Gasteiger partial charge in [-0.05, 0) is 25.0 Å². The molecule has 1 aromatic rings. The second-order valence-electron chi connectivity index (χ2n) is 3.99. The molecular weight excluding hydrogens is 212 g/mol. The number of nitrogens with zero attached hydrogens (tertiary/aromatic N) is 1. The van der Waals surface area contributed by atoms with Gasteiger partial charge in [0.1, 0.15) is 5.75 Å². The molecule has 0 bridgehead atoms. The molecule has 1 aliphatic rings. The Balaban J connectivity index is 2.15. The second kappa shape index (κ2) is 4.29. The highest BCUT2D eigenvalue weighted by Crippen LogP contribution is 2.27. The molecule has 0 unspecified atom stereocenters. The first-order chi connectivity index (χ1) is 7.15. The SMILES string of the molecule is NC1CCN(c2cc(O)cc(Cl)c2)CC1. The van der Waals surface area contributed by atoms with Crippen LogP contribution in [0, 0.1) is 0 Å². The Morgan fingerprint density at radius 2 is 1.93 bits per heavy atom. The zero-order valence-corrected chi connectivity index (χ0v) is 9.24. The fourth-order valence-electron chi connectivity index (χ4n) is 1.90. The van der Waals surface area contributed by atoms with E-state index in [9.17, 15) is 5.11 Å². The van der Waals surface area contributed by atoms with Crippen LogP contribution >= 0.6 is 11.6 Å². The van der Waals surface area contributed by atoms with Gasteiger partial charge in [-0.3, -0.25) is 0 Å². The second-order valence-corrected chi connectivity index (χ2v) is 4.43. The Kier molecular flexibility index (Phi) is 3.03. The van der Waals surface area contributed by atoms with Gasteiger partial charge in [0.25, 0.3) is 0 Å². The average molecular weight is 227 g/mol. The lowest BCUT2D eigenvalue weighted by atomic mass is 10.1. The number of aromatic hydroxyl groups is 1. The summed E-state index contributed by atoms with van der Waals surface area (Å²) in [6.07, 6.45) is 1.99. The van der Waals surface area contributed by atoms with Crippen LogP contribution in [-0.2, 0) is 0 Å². The molecule has 15 heavy (non-hydrogen) atoms. The van der Waals surface area contributed by atoms with E-state index in [1.165, 1.54) is 0 Å². The number of rotatable bonds is 1. The molecule has 2 rings (SSSR count). The van der Waals surface area contributed by atoms with Crippen LogP contribution in [0.15, 0.2) is 18.2 Å². The van der Waals surface area contributed by atoms with Crippen molar-refractivity contribution in [2.24, 2.45) is 5.73 Å². The molecular formula is C11H15ClN2O. The molecule has 1 fully saturated rings. The van der Waals surface area contributed by atoms with Crippen LogP contribution in [0.2, 0.25) is 5.02 Å². The molecule has 1 heterocycles. The first-order valence-corrected chi connectivity index (χ1v) is 5.53. The molecule has 0 amide bonds. The summed E-state index contributed by atoms with van der Waals surface area (Å²) >= 11 is 5.89. The number of hydrogen-bond acceptors (Lipinski definition) is 3. The van der Waals surface area contributed by atoms with Crippen molar-refractivity contribution in [3.8, 4) is 5.75 Å². The maximum absolute atomic E-state index is 9.44. The largest absolute Gasteiger partial charge is 0.508 e. The van der Waals surface area contributed by atoms with Crippen molar-refractivity contribution in [3.63, 3.8) is 0 Å². The minimum atomic E-state index is 0.215. The molecule has 1 aliphatic heterocycles. The van der Waals surface area contributed by atoms with Crippen molar-refractivity contribution in [1.29, 1.82) is 0 Å². The first-order valence-electron chi connectivity index (χ1n) is 5.15. The number of halogens is 1. The quantitative estimate of drug-likeness (QED) is 0.770. The highest BCUT2D eigenvalue weighted by atomic mass is 35.5. The zero-order chi connectivity index (χ0) is 10.8. The smallest absolute Gasteiger partial charge is 0.119 e. The topological polar surface area (TPSA) is 49.5 Å². The van der Waals surface area contributed by atoms with Crippen LogP contribution in [0.3, 0.4) is 0 Å². The Labute approximate surface area is 94.4 Å². The van der Waals surface area contributed by atoms with Crippen LogP contribution < -0.4 is 10.6 Å². The third-order valence-electron chi connectivity index (χ3n) is 2.77. The predicted octanol–water partition coefficient (Wildman–Crippen LogP) is 1.97. The summed E-state index contributed by atoms with van der Waals surface area (Å²) in [4.78, 5) is 2.20. The third kappa shape index (κ3) is 2.55. The molecule has 0 aliphatic carbocycles. The van der Waals surface area contributed by atoms with Crippen molar-refractivity contribution in [2.45, 2.75) is 18.9 Å². The van der Waals surface area contributed by atoms with Gasteiger partial charge in [0.2, 0.25) is 0 Å². The van der Waals surface area contributed by atoms with E-state index in [2.05, 4.69) is 4.90 Å². The monoisotopic (exact) mass is 226 g/mol. The summed E-state index contributed by atoms with van der Waals surface area (Å²) in [6, 6.07) is 5.47. The van der Waals surface area contributed by atoms with Gasteiger partial charge in [-0.25, -0.2) is 0 Å². The minimum Gasteiger partial charge on any atom is -0.508 e. The number of benzene rings is 1. The lowest BCUT2D eigenvalue weighted by Gasteiger charge is -2.32. The molecule has 4 heteroatoms. The van der Waals surface area contributed by atoms with E-state index in [0.29, 0.717) is 11.1 Å². The van der Waals surface area contributed by atoms with Crippen LogP contribution in [-0.4, -0.2) is 24.2 Å². The molecule has 82 valence electrons. The van der Waals surface area contributed by atoms with E-state index in [4.69, 9.17) is 17.3 Å². The van der Waals surface area contributed by atoms with Crippen LogP contribution in [0.25, 0.3) is 0 Å². The third-order valence-corrected chi connectivity index (χ3v) is 2.99. The fraction of sp³-hybridized carbons (Fsp3) is 0.455. The standard InChI is InChI=1S/C11H15ClN2O/c12-8-5-10(7-11(15)6-8)14-3-1-9(13)2-4-14/h5-7,9,15H,1-4,13H2. The fourth-order valence-corrected chi connectivity index (χ4v) is 2.12. The highest BCUT2D eigenvalue weighted by molar-refractivity contribution is 6.31. The summed E-state index contributed by atoms with van der Waals surface area (Å²) in [6.45, 7) is 1.86. The maximum Gasteiger partial charge on any atom is 0.119 e. The number of phenols is 1. The van der Waals surface area contributed by atoms with E-state index in [-0.39, 0.29) is 5.75 Å². The number of phenolic OH excluding ortho intramolecular Hbond substituents is 1. The number of piperidine rings is 1. The van der Waals surface area contributed by atoms with Crippen LogP contribution in [0.5, 0.6) is 5.75 Å². The molecule has 1 aromatic carbocycles. The van der Waals surface area contributed by atoms with E-state index in [0.717, 1.165) is 31.6 Å². The lowest BCUT2D eigenvalue weighted by molar-refractivity contribution is 0.473. The lowest BCUT2D eigenvalue weighted by Crippen LogP contribution is -2.39. The Morgan fingerprint density at radius 1 is 1.27 bits per heavy atom. The molecule has 0 spiro atoms. The van der Waals surface area contributed by atoms with E-state index >= 15 is 0 Å². The average Bonchev–Trinajstić information content (AvgIpc) is 2.17. The van der Waals surface area contributed by atoms with Gasteiger partial charge in [0, 0.05) is 35.9 Å². The van der Waals surface area contributed by atoms with Crippen molar-refractivity contribution >= 4 is 17.3 Å². The summed E-state index contributed by atoms with van der Waals surface area (Å²) in [5.41, 5.74) is 6.81. The van der Waals surface area contributed by atoms with Gasteiger partial charge in [0.05, 0.1) is 0 Å². The summed E-state index contributed by atoms with van der Waals surface area (Å²) in [5, 5.41) is 10.0. The van der Waals surface area contributed by atoms with Gasteiger partial charge in [-0.2, -0.15) is 0 Å². The zero-order valence-electron chi connectivity index (χ0n) is 8.49. The van der Waals surface area contributed by atoms with Gasteiger partial charge in [0.15, 0.2) is 0 Å². The van der Waals surface area contributed by atoms with Gasteiger partial charge >= 0.3 is 0 Å². The van der Waals surface area contributed by atoms with E-state index < -0.39 is 0 Å². The molecule has 0 saturated carbocycles. The Bertz CT molecular complexity index is 328. The van der Waals surface area contributed by atoms with Gasteiger partial charge in [-0.1, -0.05) is 11.6 Å². The predicted molar refractivity (Wildman–Crippen MR) is 62.5 cm³/mol. The Morgan fingerprint density at radius 3 is 2.53 bits per heavy atom. The molecule has 0 aromatic heterocycles. The summed E-state index contributed by atoms with van der Waals surface area (Å²) in [7, 11) is 0. The van der Waals surface area contributed by atoms with E-state index in [1.807, 2.05) is 6.07 Å². The first kappa shape index (κ1) is 10.6. The van der Waals surface area contributed by atoms with Crippen molar-refractivity contribution in [1.82, 2.24) is 0 Å². The normalized spacial score (nSPS) is 18.1. The molecule has 0 atom stereocenters. The van der Waals surface area contributed by atoms with Gasteiger partial charge in [-0.15, -0.1) is 0 Å². The van der Waals surface area contributed by atoms with Crippen LogP contribution in [0.1, 0.15) is 12.8 Å². The van der Waals surface area contributed by atoms with E-state index in [1.54, 1.807) is 12.1 Å². The highest BCUT2D eigenvalue weighted by Gasteiger charge is 2.16. The summed E-state index contributed by atoms with van der Waals surface area (Å²) in [5.74, 6) is 0.215. The number of anilines is 1. The number of hydrogen-bond donors (Lipinski definition) is 2. The summed E-state index contributed by atoms with van der Waals surface area (Å²) < 4.78 is 0. The maximum atomic E-state index is 9.44. The molecule has 3 nitrogen and oxygen atoms in total. The van der Waals surface area contributed by atoms with Crippen molar-refractivity contribution < 1.29 is 5.11 Å². The minimum absolute atomic E-state index is 0.215. The van der Waals surface area contributed by atoms with Crippen molar-refractivity contribution in [2.75, 3.05) is 18.0 Å². The molecule has 3 N–H and O–H groups in total. The number of nitrogens with two attached hydrogens (primary N) is 1. The van der Waals surface area contributed by atoms with Crippen molar-refractivity contribution in [3.05, 3.63) is 23.2 Å². The Hall–Kier alpha value is -0.930. The molecule has 0 radical (unpaired) electrons. The molecule has 1 saturated heterocycles.